The predicted octanol–water partition coefficient (Wildman–Crippen LogP) is 1.62. The lowest BCUT2D eigenvalue weighted by atomic mass is 10.1. The summed E-state index contributed by atoms with van der Waals surface area (Å²) < 4.78 is 0. The van der Waals surface area contributed by atoms with Gasteiger partial charge in [-0.25, -0.2) is 0 Å². The molecule has 1 N–H and O–H groups in total. The molecular weight excluding hydrogens is 216 g/mol. The van der Waals surface area contributed by atoms with Crippen LogP contribution < -0.4 is 5.32 Å². The zero-order valence-corrected chi connectivity index (χ0v) is 8.39. The van der Waals surface area contributed by atoms with Gasteiger partial charge in [0.2, 0.25) is 0 Å². The Bertz CT molecular complexity index is 286. The number of hydrogen-bond acceptors (Lipinski definition) is 2. The maximum Gasteiger partial charge on any atom is 0.0577 e. The topological polar surface area (TPSA) is 24.9 Å². The van der Waals surface area contributed by atoms with Gasteiger partial charge in [-0.1, -0.05) is 22.0 Å². The molecule has 0 atom stereocenters. The monoisotopic (exact) mass is 226 g/mol. The van der Waals surface area contributed by atoms with Gasteiger partial charge >= 0.3 is 0 Å². The van der Waals surface area contributed by atoms with Crippen LogP contribution in [0.2, 0.25) is 0 Å². The van der Waals surface area contributed by atoms with Gasteiger partial charge in [-0.05, 0) is 24.6 Å². The molecular formula is C9H11BrN2. The molecule has 0 saturated heterocycles. The molecule has 64 valence electrons. The van der Waals surface area contributed by atoms with Crippen molar-refractivity contribution in [3.05, 3.63) is 29.1 Å². The summed E-state index contributed by atoms with van der Waals surface area (Å²) in [4.78, 5) is 4.52. The molecule has 3 heteroatoms. The first-order valence-electron chi connectivity index (χ1n) is 4.14. The predicted molar refractivity (Wildman–Crippen MR) is 52.3 cm³/mol. The van der Waals surface area contributed by atoms with Crippen LogP contribution in [0.15, 0.2) is 12.1 Å². The summed E-state index contributed by atoms with van der Waals surface area (Å²) in [6.07, 6.45) is 1.12. The molecule has 0 aliphatic carbocycles. The van der Waals surface area contributed by atoms with E-state index in [0.29, 0.717) is 0 Å². The molecule has 0 fully saturated rings. The summed E-state index contributed by atoms with van der Waals surface area (Å²) in [5.41, 5.74) is 3.74. The van der Waals surface area contributed by atoms with Crippen molar-refractivity contribution >= 4 is 15.9 Å². The van der Waals surface area contributed by atoms with Gasteiger partial charge in [0.15, 0.2) is 0 Å². The summed E-state index contributed by atoms with van der Waals surface area (Å²) in [5.74, 6) is 0. The minimum absolute atomic E-state index is 0.848. The molecule has 0 aromatic carbocycles. The van der Waals surface area contributed by atoms with Gasteiger partial charge in [0.1, 0.15) is 0 Å². The third-order valence-electron chi connectivity index (χ3n) is 2.13. The molecule has 12 heavy (non-hydrogen) atoms. The number of aromatic nitrogens is 1. The maximum absolute atomic E-state index is 4.52. The number of alkyl halides is 1. The van der Waals surface area contributed by atoms with Crippen LogP contribution in [0, 0.1) is 0 Å². The van der Waals surface area contributed by atoms with E-state index in [4.69, 9.17) is 0 Å². The maximum atomic E-state index is 4.52. The van der Waals surface area contributed by atoms with Crippen LogP contribution in [-0.4, -0.2) is 11.5 Å². The van der Waals surface area contributed by atoms with Crippen LogP contribution in [0.25, 0.3) is 0 Å². The second kappa shape index (κ2) is 3.54. The second-order valence-electron chi connectivity index (χ2n) is 2.97. The van der Waals surface area contributed by atoms with Crippen LogP contribution in [0.3, 0.4) is 0 Å². The number of nitrogens with one attached hydrogen (secondary N) is 1. The van der Waals surface area contributed by atoms with Gasteiger partial charge in [0, 0.05) is 11.9 Å². The van der Waals surface area contributed by atoms with Crippen LogP contribution in [-0.2, 0) is 18.3 Å². The average molecular weight is 227 g/mol. The van der Waals surface area contributed by atoms with Crippen molar-refractivity contribution in [1.82, 2.24) is 10.3 Å². The summed E-state index contributed by atoms with van der Waals surface area (Å²) in [6, 6.07) is 4.29. The normalized spacial score (nSPS) is 15.8. The first-order valence-corrected chi connectivity index (χ1v) is 5.26. The average Bonchev–Trinajstić information content (AvgIpc) is 2.17. The van der Waals surface area contributed by atoms with E-state index in [-0.39, 0.29) is 0 Å². The standard InChI is InChI=1S/C9H11BrN2/c10-5-8-2-1-7-3-4-11-6-9(7)12-8/h1-2,11H,3-6H2. The van der Waals surface area contributed by atoms with Gasteiger partial charge in [0.05, 0.1) is 11.4 Å². The first kappa shape index (κ1) is 8.20. The number of pyridine rings is 1. The molecule has 0 amide bonds. The Hall–Kier alpha value is -0.410. The highest BCUT2D eigenvalue weighted by Gasteiger charge is 2.09. The molecule has 2 heterocycles. The Morgan fingerprint density at radius 3 is 3.25 bits per heavy atom. The van der Waals surface area contributed by atoms with E-state index in [1.165, 1.54) is 11.3 Å². The minimum atomic E-state index is 0.848. The van der Waals surface area contributed by atoms with Crippen LogP contribution in [0.1, 0.15) is 17.0 Å². The lowest BCUT2D eigenvalue weighted by Gasteiger charge is -2.16. The van der Waals surface area contributed by atoms with Gasteiger partial charge in [-0.15, -0.1) is 0 Å². The van der Waals surface area contributed by atoms with Gasteiger partial charge in [-0.2, -0.15) is 0 Å². The fourth-order valence-corrected chi connectivity index (χ4v) is 1.77. The summed E-state index contributed by atoms with van der Waals surface area (Å²) >= 11 is 3.40. The summed E-state index contributed by atoms with van der Waals surface area (Å²) in [6.45, 7) is 2.01. The lowest BCUT2D eigenvalue weighted by molar-refractivity contribution is 0.625. The van der Waals surface area contributed by atoms with Crippen molar-refractivity contribution in [2.75, 3.05) is 6.54 Å². The van der Waals surface area contributed by atoms with Crippen molar-refractivity contribution < 1.29 is 0 Å². The summed E-state index contributed by atoms with van der Waals surface area (Å²) in [5, 5.41) is 4.16. The van der Waals surface area contributed by atoms with Gasteiger partial charge in [0.25, 0.3) is 0 Å². The molecule has 1 aromatic heterocycles. The molecule has 2 nitrogen and oxygen atoms in total. The molecule has 2 rings (SSSR count). The van der Waals surface area contributed by atoms with Crippen LogP contribution in [0.5, 0.6) is 0 Å². The highest BCUT2D eigenvalue weighted by molar-refractivity contribution is 9.08. The number of halogens is 1. The Kier molecular flexibility index (Phi) is 2.42. The van der Waals surface area contributed by atoms with E-state index < -0.39 is 0 Å². The number of rotatable bonds is 1. The van der Waals surface area contributed by atoms with E-state index in [0.717, 1.165) is 30.5 Å². The third-order valence-corrected chi connectivity index (χ3v) is 2.70. The molecule has 0 spiro atoms. The largest absolute Gasteiger partial charge is 0.311 e. The van der Waals surface area contributed by atoms with E-state index in [1.54, 1.807) is 0 Å². The highest BCUT2D eigenvalue weighted by Crippen LogP contribution is 2.13. The lowest BCUT2D eigenvalue weighted by Crippen LogP contribution is -2.24. The molecule has 0 radical (unpaired) electrons. The van der Waals surface area contributed by atoms with Crippen LogP contribution in [0.4, 0.5) is 0 Å². The van der Waals surface area contributed by atoms with Crippen molar-refractivity contribution in [3.8, 4) is 0 Å². The van der Waals surface area contributed by atoms with E-state index in [9.17, 15) is 0 Å². The fraction of sp³-hybridized carbons (Fsp3) is 0.444. The van der Waals surface area contributed by atoms with Crippen molar-refractivity contribution in [2.45, 2.75) is 18.3 Å². The number of hydrogen-bond donors (Lipinski definition) is 1. The number of nitrogens with zero attached hydrogens (tertiary/aromatic N) is 1. The van der Waals surface area contributed by atoms with Gasteiger partial charge in [-0.3, -0.25) is 4.98 Å². The zero-order chi connectivity index (χ0) is 8.39. The minimum Gasteiger partial charge on any atom is -0.311 e. The Morgan fingerprint density at radius 2 is 2.42 bits per heavy atom. The van der Waals surface area contributed by atoms with Crippen molar-refractivity contribution in [2.24, 2.45) is 0 Å². The van der Waals surface area contributed by atoms with Crippen molar-refractivity contribution in [3.63, 3.8) is 0 Å². The zero-order valence-electron chi connectivity index (χ0n) is 6.81. The molecule has 1 aliphatic heterocycles. The molecule has 1 aromatic rings. The SMILES string of the molecule is BrCc1ccc2c(n1)CNCC2. The fourth-order valence-electron chi connectivity index (χ4n) is 1.46. The van der Waals surface area contributed by atoms with E-state index in [1.807, 2.05) is 0 Å². The van der Waals surface area contributed by atoms with Gasteiger partial charge < -0.3 is 5.32 Å². The number of fused-ring (bicyclic) bond motifs is 1. The highest BCUT2D eigenvalue weighted by atomic mass is 79.9. The molecule has 0 saturated carbocycles. The Labute approximate surface area is 80.5 Å². The molecule has 1 aliphatic rings. The van der Waals surface area contributed by atoms with Crippen molar-refractivity contribution in [1.29, 1.82) is 0 Å². The quantitative estimate of drug-likeness (QED) is 0.737. The summed E-state index contributed by atoms with van der Waals surface area (Å²) in [7, 11) is 0. The third kappa shape index (κ3) is 1.52. The second-order valence-corrected chi connectivity index (χ2v) is 3.53. The first-order chi connectivity index (χ1) is 5.90. The van der Waals surface area contributed by atoms with E-state index >= 15 is 0 Å². The smallest absolute Gasteiger partial charge is 0.0577 e. The van der Waals surface area contributed by atoms with E-state index in [2.05, 4.69) is 38.4 Å². The Balaban J connectivity index is 2.36. The molecule has 0 bridgehead atoms. The molecule has 0 unspecified atom stereocenters. The Morgan fingerprint density at radius 1 is 1.50 bits per heavy atom. The van der Waals surface area contributed by atoms with Crippen LogP contribution >= 0.6 is 15.9 Å².